The fourth-order valence-corrected chi connectivity index (χ4v) is 2.55. The SMILES string of the molecule is Cc1cnc(Cl)c2cc(NC(=O)O)sc12. The number of aromatic nitrogens is 1. The van der Waals surface area contributed by atoms with Crippen molar-refractivity contribution in [2.45, 2.75) is 6.92 Å². The highest BCUT2D eigenvalue weighted by molar-refractivity contribution is 7.23. The molecule has 2 aromatic rings. The molecule has 4 nitrogen and oxygen atoms in total. The molecule has 2 heterocycles. The number of hydrogen-bond donors (Lipinski definition) is 2. The molecule has 0 bridgehead atoms. The van der Waals surface area contributed by atoms with E-state index in [1.807, 2.05) is 6.92 Å². The summed E-state index contributed by atoms with van der Waals surface area (Å²) >= 11 is 7.25. The smallest absolute Gasteiger partial charge is 0.409 e. The highest BCUT2D eigenvalue weighted by atomic mass is 35.5. The van der Waals surface area contributed by atoms with Gasteiger partial charge in [-0.05, 0) is 18.6 Å². The molecule has 0 aliphatic carbocycles. The second kappa shape index (κ2) is 3.67. The first-order chi connectivity index (χ1) is 7.08. The van der Waals surface area contributed by atoms with E-state index < -0.39 is 6.09 Å². The minimum Gasteiger partial charge on any atom is -0.465 e. The molecule has 6 heteroatoms. The van der Waals surface area contributed by atoms with Crippen LogP contribution in [0.3, 0.4) is 0 Å². The average Bonchev–Trinajstić information content (AvgIpc) is 2.55. The molecule has 78 valence electrons. The molecule has 0 aromatic carbocycles. The summed E-state index contributed by atoms with van der Waals surface area (Å²) in [6.07, 6.45) is 0.592. The summed E-state index contributed by atoms with van der Waals surface area (Å²) in [6, 6.07) is 1.69. The van der Waals surface area contributed by atoms with Gasteiger partial charge in [-0.15, -0.1) is 11.3 Å². The van der Waals surface area contributed by atoms with E-state index in [1.165, 1.54) is 11.3 Å². The molecule has 0 atom stereocenters. The van der Waals surface area contributed by atoms with Crippen LogP contribution in [0.25, 0.3) is 10.1 Å². The van der Waals surface area contributed by atoms with Crippen molar-refractivity contribution in [2.24, 2.45) is 0 Å². The van der Waals surface area contributed by atoms with Crippen LogP contribution >= 0.6 is 22.9 Å². The highest BCUT2D eigenvalue weighted by Crippen LogP contribution is 2.35. The Morgan fingerprint density at radius 3 is 3.00 bits per heavy atom. The second-order valence-corrected chi connectivity index (χ2v) is 4.43. The number of aryl methyl sites for hydroxylation is 1. The average molecular weight is 243 g/mol. The Kier molecular flexibility index (Phi) is 2.50. The van der Waals surface area contributed by atoms with E-state index in [1.54, 1.807) is 12.3 Å². The van der Waals surface area contributed by atoms with Crippen molar-refractivity contribution in [3.8, 4) is 0 Å². The molecule has 1 amide bonds. The van der Waals surface area contributed by atoms with Gasteiger partial charge < -0.3 is 5.11 Å². The molecule has 0 fully saturated rings. The van der Waals surface area contributed by atoms with E-state index in [0.717, 1.165) is 15.6 Å². The molecule has 0 saturated heterocycles. The summed E-state index contributed by atoms with van der Waals surface area (Å²) in [5, 5.41) is 12.6. The Bertz CT molecular complexity index is 499. The molecule has 2 rings (SSSR count). The van der Waals surface area contributed by atoms with Crippen LogP contribution in [0.2, 0.25) is 5.15 Å². The molecule has 15 heavy (non-hydrogen) atoms. The van der Waals surface area contributed by atoms with Crippen molar-refractivity contribution in [1.82, 2.24) is 4.98 Å². The first-order valence-electron chi connectivity index (χ1n) is 4.12. The van der Waals surface area contributed by atoms with Gasteiger partial charge in [0.1, 0.15) is 5.15 Å². The van der Waals surface area contributed by atoms with Crippen molar-refractivity contribution in [2.75, 3.05) is 5.32 Å². The molecule has 0 unspecified atom stereocenters. The first-order valence-corrected chi connectivity index (χ1v) is 5.32. The Hall–Kier alpha value is -1.33. The van der Waals surface area contributed by atoms with Crippen molar-refractivity contribution in [1.29, 1.82) is 0 Å². The van der Waals surface area contributed by atoms with Crippen molar-refractivity contribution < 1.29 is 9.90 Å². The van der Waals surface area contributed by atoms with Gasteiger partial charge in [-0.2, -0.15) is 0 Å². The number of fused-ring (bicyclic) bond motifs is 1. The van der Waals surface area contributed by atoms with Gasteiger partial charge in [0, 0.05) is 16.3 Å². The zero-order chi connectivity index (χ0) is 11.0. The van der Waals surface area contributed by atoms with Gasteiger partial charge in [-0.3, -0.25) is 5.32 Å². The molecule has 2 N–H and O–H groups in total. The minimum atomic E-state index is -1.08. The Balaban J connectivity index is 2.59. The van der Waals surface area contributed by atoms with Crippen LogP contribution in [0.5, 0.6) is 0 Å². The standard InChI is InChI=1S/C9H7ClN2O2S/c1-4-3-11-8(10)5-2-6(12-9(13)14)15-7(4)5/h2-3,12H,1H3,(H,13,14). The lowest BCUT2D eigenvalue weighted by Crippen LogP contribution is -2.05. The molecule has 0 spiro atoms. The van der Waals surface area contributed by atoms with Gasteiger partial charge in [-0.1, -0.05) is 11.6 Å². The maximum Gasteiger partial charge on any atom is 0.409 e. The Morgan fingerprint density at radius 2 is 2.40 bits per heavy atom. The number of nitrogens with one attached hydrogen (secondary N) is 1. The molecular formula is C9H7ClN2O2S. The first kappa shape index (κ1) is 10.2. The van der Waals surface area contributed by atoms with Gasteiger partial charge in [0.05, 0.1) is 5.00 Å². The van der Waals surface area contributed by atoms with E-state index in [0.29, 0.717) is 10.2 Å². The number of nitrogens with zero attached hydrogens (tertiary/aromatic N) is 1. The number of amides is 1. The fourth-order valence-electron chi connectivity index (χ4n) is 1.29. The largest absolute Gasteiger partial charge is 0.465 e. The number of carbonyl (C=O) groups is 1. The monoisotopic (exact) mass is 242 g/mol. The summed E-state index contributed by atoms with van der Waals surface area (Å²) in [4.78, 5) is 14.5. The van der Waals surface area contributed by atoms with Gasteiger partial charge in [0.15, 0.2) is 0 Å². The number of halogens is 1. The molecule has 0 radical (unpaired) electrons. The topological polar surface area (TPSA) is 62.2 Å². The van der Waals surface area contributed by atoms with E-state index >= 15 is 0 Å². The number of pyridine rings is 1. The van der Waals surface area contributed by atoms with Crippen LogP contribution < -0.4 is 5.32 Å². The zero-order valence-electron chi connectivity index (χ0n) is 7.74. The number of thiophene rings is 1. The van der Waals surface area contributed by atoms with Crippen LogP contribution in [0, 0.1) is 6.92 Å². The maximum absolute atomic E-state index is 10.5. The summed E-state index contributed by atoms with van der Waals surface area (Å²) in [7, 11) is 0. The van der Waals surface area contributed by atoms with Crippen molar-refractivity contribution in [3.63, 3.8) is 0 Å². The van der Waals surface area contributed by atoms with E-state index in [9.17, 15) is 4.79 Å². The number of hydrogen-bond acceptors (Lipinski definition) is 3. The number of rotatable bonds is 1. The maximum atomic E-state index is 10.5. The molecule has 0 aliphatic heterocycles. The molecule has 2 aromatic heterocycles. The Labute approximate surface area is 94.5 Å². The highest BCUT2D eigenvalue weighted by Gasteiger charge is 2.09. The molecular weight excluding hydrogens is 236 g/mol. The Morgan fingerprint density at radius 1 is 1.67 bits per heavy atom. The van der Waals surface area contributed by atoms with Gasteiger partial charge in [0.25, 0.3) is 0 Å². The van der Waals surface area contributed by atoms with Crippen molar-refractivity contribution in [3.05, 3.63) is 23.0 Å². The van der Waals surface area contributed by atoms with Gasteiger partial charge >= 0.3 is 6.09 Å². The van der Waals surface area contributed by atoms with Gasteiger partial charge in [0.2, 0.25) is 0 Å². The lowest BCUT2D eigenvalue weighted by atomic mass is 10.2. The van der Waals surface area contributed by atoms with E-state index in [2.05, 4.69) is 10.3 Å². The third kappa shape index (κ3) is 1.88. The predicted molar refractivity (Wildman–Crippen MR) is 61.0 cm³/mol. The van der Waals surface area contributed by atoms with Crippen LogP contribution in [0.4, 0.5) is 9.80 Å². The molecule has 0 aliphatic rings. The zero-order valence-corrected chi connectivity index (χ0v) is 9.32. The van der Waals surface area contributed by atoms with Crippen LogP contribution in [-0.2, 0) is 0 Å². The summed E-state index contributed by atoms with van der Waals surface area (Å²) in [5.41, 5.74) is 0.984. The quantitative estimate of drug-likeness (QED) is 0.754. The number of carboxylic acid groups (broad SMARTS) is 1. The summed E-state index contributed by atoms with van der Waals surface area (Å²) < 4.78 is 0.957. The summed E-state index contributed by atoms with van der Waals surface area (Å²) in [6.45, 7) is 1.91. The summed E-state index contributed by atoms with van der Waals surface area (Å²) in [5.74, 6) is 0. The number of anilines is 1. The van der Waals surface area contributed by atoms with Gasteiger partial charge in [-0.25, -0.2) is 9.78 Å². The second-order valence-electron chi connectivity index (χ2n) is 3.02. The minimum absolute atomic E-state index is 0.394. The third-order valence-corrected chi connectivity index (χ3v) is 3.40. The normalized spacial score (nSPS) is 10.5. The van der Waals surface area contributed by atoms with Crippen LogP contribution in [0.15, 0.2) is 12.3 Å². The van der Waals surface area contributed by atoms with Crippen LogP contribution in [0.1, 0.15) is 5.56 Å². The predicted octanol–water partition coefficient (Wildman–Crippen LogP) is 3.35. The van der Waals surface area contributed by atoms with Crippen LogP contribution in [-0.4, -0.2) is 16.2 Å². The van der Waals surface area contributed by atoms with E-state index in [4.69, 9.17) is 16.7 Å². The van der Waals surface area contributed by atoms with E-state index in [-0.39, 0.29) is 0 Å². The fraction of sp³-hybridized carbons (Fsp3) is 0.111. The lowest BCUT2D eigenvalue weighted by molar-refractivity contribution is 0.210. The lowest BCUT2D eigenvalue weighted by Gasteiger charge is -1.94. The molecule has 0 saturated carbocycles. The third-order valence-electron chi connectivity index (χ3n) is 1.91. The van der Waals surface area contributed by atoms with Crippen molar-refractivity contribution >= 4 is 44.1 Å².